The molecule has 0 heterocycles. The van der Waals surface area contributed by atoms with Crippen LogP contribution in [0, 0.1) is 5.92 Å². The second kappa shape index (κ2) is 7.79. The molecule has 0 spiro atoms. The quantitative estimate of drug-likeness (QED) is 0.796. The van der Waals surface area contributed by atoms with Crippen LogP contribution in [0.2, 0.25) is 0 Å². The number of benzene rings is 1. The van der Waals surface area contributed by atoms with E-state index in [0.29, 0.717) is 18.9 Å². The number of carbonyl (C=O) groups is 1. The SMILES string of the molecule is CCCC(N)C(=O)Nc1cccc(OCC(C)C)c1. The second-order valence-corrected chi connectivity index (χ2v) is 5.12. The highest BCUT2D eigenvalue weighted by Gasteiger charge is 2.12. The van der Waals surface area contributed by atoms with Crippen LogP contribution >= 0.6 is 0 Å². The fraction of sp³-hybridized carbons (Fsp3) is 0.533. The molecule has 0 fully saturated rings. The first-order chi connectivity index (χ1) is 9.02. The first kappa shape index (κ1) is 15.5. The largest absolute Gasteiger partial charge is 0.493 e. The number of amides is 1. The Kier molecular flexibility index (Phi) is 6.36. The Labute approximate surface area is 115 Å². The first-order valence-corrected chi connectivity index (χ1v) is 6.82. The van der Waals surface area contributed by atoms with E-state index in [9.17, 15) is 4.79 Å². The van der Waals surface area contributed by atoms with Crippen molar-refractivity contribution in [1.82, 2.24) is 0 Å². The molecule has 1 rings (SSSR count). The minimum Gasteiger partial charge on any atom is -0.493 e. The average molecular weight is 264 g/mol. The highest BCUT2D eigenvalue weighted by Crippen LogP contribution is 2.18. The van der Waals surface area contributed by atoms with E-state index in [1.165, 1.54) is 0 Å². The zero-order valence-corrected chi connectivity index (χ0v) is 12.0. The van der Waals surface area contributed by atoms with Gasteiger partial charge < -0.3 is 15.8 Å². The van der Waals surface area contributed by atoms with Gasteiger partial charge in [0.25, 0.3) is 0 Å². The highest BCUT2D eigenvalue weighted by molar-refractivity contribution is 5.94. The zero-order valence-electron chi connectivity index (χ0n) is 12.0. The van der Waals surface area contributed by atoms with Crippen LogP contribution in [0.15, 0.2) is 24.3 Å². The molecule has 0 aliphatic heterocycles. The monoisotopic (exact) mass is 264 g/mol. The average Bonchev–Trinajstić information content (AvgIpc) is 2.37. The summed E-state index contributed by atoms with van der Waals surface area (Å²) in [4.78, 5) is 11.8. The van der Waals surface area contributed by atoms with Crippen LogP contribution in [0.25, 0.3) is 0 Å². The van der Waals surface area contributed by atoms with Crippen LogP contribution in [-0.2, 0) is 4.79 Å². The molecule has 0 aliphatic rings. The van der Waals surface area contributed by atoms with E-state index in [4.69, 9.17) is 10.5 Å². The number of ether oxygens (including phenoxy) is 1. The standard InChI is InChI=1S/C15H24N2O2/c1-4-6-14(16)15(18)17-12-7-5-8-13(9-12)19-10-11(2)3/h5,7-9,11,14H,4,6,10,16H2,1-3H3,(H,17,18). The molecule has 1 atom stereocenters. The van der Waals surface area contributed by atoms with Crippen molar-refractivity contribution in [3.8, 4) is 5.75 Å². The van der Waals surface area contributed by atoms with Gasteiger partial charge in [-0.05, 0) is 24.5 Å². The van der Waals surface area contributed by atoms with Gasteiger partial charge in [0, 0.05) is 11.8 Å². The molecule has 19 heavy (non-hydrogen) atoms. The van der Waals surface area contributed by atoms with Gasteiger partial charge in [-0.1, -0.05) is 33.3 Å². The lowest BCUT2D eigenvalue weighted by Crippen LogP contribution is -2.35. The molecule has 1 aromatic rings. The number of anilines is 1. The number of rotatable bonds is 7. The van der Waals surface area contributed by atoms with E-state index in [0.717, 1.165) is 17.9 Å². The molecule has 0 saturated carbocycles. The maximum Gasteiger partial charge on any atom is 0.241 e. The summed E-state index contributed by atoms with van der Waals surface area (Å²) in [6.07, 6.45) is 1.58. The van der Waals surface area contributed by atoms with Crippen molar-refractivity contribution in [1.29, 1.82) is 0 Å². The molecule has 0 saturated heterocycles. The van der Waals surface area contributed by atoms with Crippen LogP contribution in [0.1, 0.15) is 33.6 Å². The Balaban J connectivity index is 2.59. The predicted molar refractivity (Wildman–Crippen MR) is 78.3 cm³/mol. The maximum atomic E-state index is 11.8. The number of nitrogens with one attached hydrogen (secondary N) is 1. The van der Waals surface area contributed by atoms with Gasteiger partial charge in [-0.15, -0.1) is 0 Å². The number of nitrogens with two attached hydrogens (primary N) is 1. The Morgan fingerprint density at radius 3 is 2.79 bits per heavy atom. The van der Waals surface area contributed by atoms with Crippen LogP contribution in [0.4, 0.5) is 5.69 Å². The van der Waals surface area contributed by atoms with Gasteiger partial charge in [0.05, 0.1) is 12.6 Å². The summed E-state index contributed by atoms with van der Waals surface area (Å²) in [6, 6.07) is 6.93. The summed E-state index contributed by atoms with van der Waals surface area (Å²) in [7, 11) is 0. The van der Waals surface area contributed by atoms with Gasteiger partial charge in [0.2, 0.25) is 5.91 Å². The van der Waals surface area contributed by atoms with Crippen molar-refractivity contribution in [2.45, 2.75) is 39.7 Å². The Bertz CT molecular complexity index is 405. The van der Waals surface area contributed by atoms with E-state index >= 15 is 0 Å². The summed E-state index contributed by atoms with van der Waals surface area (Å²) in [5.74, 6) is 1.08. The summed E-state index contributed by atoms with van der Waals surface area (Å²) in [5, 5.41) is 2.81. The summed E-state index contributed by atoms with van der Waals surface area (Å²) in [5.41, 5.74) is 6.49. The Morgan fingerprint density at radius 2 is 2.16 bits per heavy atom. The molecule has 1 amide bonds. The molecule has 3 N–H and O–H groups in total. The van der Waals surface area contributed by atoms with Gasteiger partial charge in [-0.3, -0.25) is 4.79 Å². The summed E-state index contributed by atoms with van der Waals surface area (Å²) >= 11 is 0. The van der Waals surface area contributed by atoms with Gasteiger partial charge in [0.1, 0.15) is 5.75 Å². The van der Waals surface area contributed by atoms with Crippen molar-refractivity contribution < 1.29 is 9.53 Å². The topological polar surface area (TPSA) is 64.4 Å². The van der Waals surface area contributed by atoms with Gasteiger partial charge in [-0.2, -0.15) is 0 Å². The normalized spacial score (nSPS) is 12.3. The van der Waals surface area contributed by atoms with Crippen molar-refractivity contribution in [3.05, 3.63) is 24.3 Å². The van der Waals surface area contributed by atoms with Crippen LogP contribution in [0.5, 0.6) is 5.75 Å². The molecule has 4 nitrogen and oxygen atoms in total. The molecule has 4 heteroatoms. The lowest BCUT2D eigenvalue weighted by molar-refractivity contribution is -0.117. The highest BCUT2D eigenvalue weighted by atomic mass is 16.5. The van der Waals surface area contributed by atoms with Crippen LogP contribution in [0.3, 0.4) is 0 Å². The molecule has 106 valence electrons. The first-order valence-electron chi connectivity index (χ1n) is 6.82. The maximum absolute atomic E-state index is 11.8. The second-order valence-electron chi connectivity index (χ2n) is 5.12. The van der Waals surface area contributed by atoms with Crippen molar-refractivity contribution in [3.63, 3.8) is 0 Å². The minimum absolute atomic E-state index is 0.150. The van der Waals surface area contributed by atoms with Crippen molar-refractivity contribution >= 4 is 11.6 Å². The number of hydrogen-bond donors (Lipinski definition) is 2. The van der Waals surface area contributed by atoms with Crippen molar-refractivity contribution in [2.24, 2.45) is 11.7 Å². The summed E-state index contributed by atoms with van der Waals surface area (Å²) < 4.78 is 5.62. The fourth-order valence-corrected chi connectivity index (χ4v) is 1.60. The predicted octanol–water partition coefficient (Wildman–Crippen LogP) is 2.79. The molecule has 0 aromatic heterocycles. The van der Waals surface area contributed by atoms with Gasteiger partial charge >= 0.3 is 0 Å². The Morgan fingerprint density at radius 1 is 1.42 bits per heavy atom. The van der Waals surface area contributed by atoms with Gasteiger partial charge in [-0.25, -0.2) is 0 Å². The van der Waals surface area contributed by atoms with Crippen LogP contribution < -0.4 is 15.8 Å². The van der Waals surface area contributed by atoms with E-state index in [-0.39, 0.29) is 5.91 Å². The molecule has 1 aromatic carbocycles. The lowest BCUT2D eigenvalue weighted by Gasteiger charge is -2.13. The van der Waals surface area contributed by atoms with Crippen LogP contribution in [-0.4, -0.2) is 18.6 Å². The third-order valence-corrected chi connectivity index (χ3v) is 2.62. The molecular weight excluding hydrogens is 240 g/mol. The zero-order chi connectivity index (χ0) is 14.3. The summed E-state index contributed by atoms with van der Waals surface area (Å²) in [6.45, 7) is 6.85. The fourth-order valence-electron chi connectivity index (χ4n) is 1.60. The lowest BCUT2D eigenvalue weighted by atomic mass is 10.1. The van der Waals surface area contributed by atoms with Gasteiger partial charge in [0.15, 0.2) is 0 Å². The third-order valence-electron chi connectivity index (χ3n) is 2.62. The molecule has 0 aliphatic carbocycles. The van der Waals surface area contributed by atoms with E-state index in [1.807, 2.05) is 31.2 Å². The third kappa shape index (κ3) is 5.75. The Hall–Kier alpha value is -1.55. The molecule has 1 unspecified atom stereocenters. The minimum atomic E-state index is -0.453. The molecule has 0 radical (unpaired) electrons. The smallest absolute Gasteiger partial charge is 0.241 e. The van der Waals surface area contributed by atoms with Crippen molar-refractivity contribution in [2.75, 3.05) is 11.9 Å². The molecule has 0 bridgehead atoms. The number of carbonyl (C=O) groups excluding carboxylic acids is 1. The molecular formula is C15H24N2O2. The van der Waals surface area contributed by atoms with E-state index in [1.54, 1.807) is 0 Å². The van der Waals surface area contributed by atoms with E-state index in [2.05, 4.69) is 19.2 Å². The number of hydrogen-bond acceptors (Lipinski definition) is 3. The van der Waals surface area contributed by atoms with E-state index < -0.39 is 6.04 Å².